The van der Waals surface area contributed by atoms with Crippen LogP contribution in [-0.2, 0) is 0 Å². The molecule has 1 N–H and O–H groups in total. The van der Waals surface area contributed by atoms with Gasteiger partial charge in [-0.05, 0) is 35.5 Å². The van der Waals surface area contributed by atoms with E-state index in [2.05, 4.69) is 15.3 Å². The lowest BCUT2D eigenvalue weighted by molar-refractivity contribution is -0.384. The van der Waals surface area contributed by atoms with E-state index in [0.717, 1.165) is 15.8 Å². The number of aryl methyl sites for hydroxylation is 1. The van der Waals surface area contributed by atoms with Gasteiger partial charge in [-0.2, -0.15) is 4.98 Å². The van der Waals surface area contributed by atoms with Gasteiger partial charge in [0.05, 0.1) is 10.3 Å². The first-order valence-corrected chi connectivity index (χ1v) is 7.23. The first-order valence-electron chi connectivity index (χ1n) is 5.97. The van der Waals surface area contributed by atoms with Gasteiger partial charge >= 0.3 is 0 Å². The van der Waals surface area contributed by atoms with Crippen LogP contribution < -0.4 is 5.32 Å². The van der Waals surface area contributed by atoms with Crippen LogP contribution in [0.3, 0.4) is 0 Å². The van der Waals surface area contributed by atoms with E-state index >= 15 is 0 Å². The summed E-state index contributed by atoms with van der Waals surface area (Å²) in [4.78, 5) is 19.5. The summed E-state index contributed by atoms with van der Waals surface area (Å²) in [5.41, 5.74) is 1.51. The minimum absolute atomic E-state index is 0.0183. The highest BCUT2D eigenvalue weighted by Gasteiger charge is 2.12. The fourth-order valence-electron chi connectivity index (χ4n) is 1.91. The second-order valence-electron chi connectivity index (χ2n) is 4.36. The van der Waals surface area contributed by atoms with Gasteiger partial charge in [0.15, 0.2) is 0 Å². The average Bonchev–Trinajstić information content (AvgIpc) is 2.89. The van der Waals surface area contributed by atoms with Gasteiger partial charge in [-0.1, -0.05) is 6.07 Å². The van der Waals surface area contributed by atoms with Crippen LogP contribution in [-0.4, -0.2) is 14.9 Å². The van der Waals surface area contributed by atoms with E-state index in [1.807, 2.05) is 18.4 Å². The first kappa shape index (κ1) is 13.7. The van der Waals surface area contributed by atoms with Gasteiger partial charge in [-0.15, -0.1) is 11.3 Å². The maximum absolute atomic E-state index is 10.9. The molecular weight excluding hydrogens is 312 g/mol. The normalized spacial score (nSPS) is 10.8. The molecule has 21 heavy (non-hydrogen) atoms. The number of aromatic nitrogens is 2. The van der Waals surface area contributed by atoms with Crippen LogP contribution in [0.5, 0.6) is 0 Å². The molecular formula is C13H9ClN4O2S. The molecule has 0 saturated carbocycles. The van der Waals surface area contributed by atoms with Crippen molar-refractivity contribution >= 4 is 50.3 Å². The van der Waals surface area contributed by atoms with Crippen molar-refractivity contribution in [3.8, 4) is 0 Å². The molecule has 0 aliphatic carbocycles. The van der Waals surface area contributed by atoms with Crippen molar-refractivity contribution in [3.63, 3.8) is 0 Å². The molecule has 0 bridgehead atoms. The molecule has 0 unspecified atom stereocenters. The standard InChI is InChI=1S/C13H9ClN4O2S/c1-7-2-3-8(18(19)20)6-10(7)15-11-9-4-5-21-12(9)17-13(14)16-11/h2-6H,1H3,(H,15,16,17). The molecule has 2 heterocycles. The van der Waals surface area contributed by atoms with Gasteiger partial charge in [-0.25, -0.2) is 4.98 Å². The van der Waals surface area contributed by atoms with Crippen LogP contribution in [0.15, 0.2) is 29.6 Å². The minimum atomic E-state index is -0.433. The number of rotatable bonds is 3. The number of fused-ring (bicyclic) bond motifs is 1. The van der Waals surface area contributed by atoms with Crippen molar-refractivity contribution in [1.29, 1.82) is 0 Å². The Labute approximate surface area is 128 Å². The van der Waals surface area contributed by atoms with Crippen LogP contribution in [0.1, 0.15) is 5.56 Å². The average molecular weight is 321 g/mol. The topological polar surface area (TPSA) is 81.0 Å². The predicted octanol–water partition coefficient (Wildman–Crippen LogP) is 4.30. The molecule has 0 amide bonds. The number of nitrogens with one attached hydrogen (secondary N) is 1. The van der Waals surface area contributed by atoms with Crippen molar-refractivity contribution in [1.82, 2.24) is 9.97 Å². The Bertz CT molecular complexity index is 849. The lowest BCUT2D eigenvalue weighted by Gasteiger charge is -2.09. The SMILES string of the molecule is Cc1ccc([N+](=O)[O-])cc1Nc1nc(Cl)nc2sccc12. The molecule has 0 atom stereocenters. The maximum atomic E-state index is 10.9. The Balaban J connectivity index is 2.08. The summed E-state index contributed by atoms with van der Waals surface area (Å²) in [5.74, 6) is 0.537. The van der Waals surface area contributed by atoms with Gasteiger partial charge in [0.1, 0.15) is 10.6 Å². The van der Waals surface area contributed by atoms with Crippen molar-refractivity contribution < 1.29 is 4.92 Å². The highest BCUT2D eigenvalue weighted by Crippen LogP contribution is 2.31. The van der Waals surface area contributed by atoms with Crippen LogP contribution in [0, 0.1) is 17.0 Å². The lowest BCUT2D eigenvalue weighted by atomic mass is 10.2. The molecule has 3 rings (SSSR count). The fraction of sp³-hybridized carbons (Fsp3) is 0.0769. The summed E-state index contributed by atoms with van der Waals surface area (Å²) in [6.07, 6.45) is 0. The number of hydrogen-bond donors (Lipinski definition) is 1. The number of anilines is 2. The Morgan fingerprint density at radius 2 is 2.14 bits per heavy atom. The van der Waals surface area contributed by atoms with Crippen molar-refractivity contribution in [2.75, 3.05) is 5.32 Å². The number of nitro groups is 1. The summed E-state index contributed by atoms with van der Waals surface area (Å²) in [6.45, 7) is 1.86. The molecule has 0 radical (unpaired) electrons. The molecule has 6 nitrogen and oxygen atoms in total. The van der Waals surface area contributed by atoms with Crippen molar-refractivity contribution in [2.24, 2.45) is 0 Å². The van der Waals surface area contributed by atoms with Crippen LogP contribution >= 0.6 is 22.9 Å². The fourth-order valence-corrected chi connectivity index (χ4v) is 2.89. The summed E-state index contributed by atoms with van der Waals surface area (Å²) in [5, 5.41) is 16.8. The smallest absolute Gasteiger partial charge is 0.271 e. The number of thiophene rings is 1. The quantitative estimate of drug-likeness (QED) is 0.442. The number of nitro benzene ring substituents is 1. The Morgan fingerprint density at radius 1 is 1.33 bits per heavy atom. The van der Waals surface area contributed by atoms with Crippen LogP contribution in [0.4, 0.5) is 17.2 Å². The second-order valence-corrected chi connectivity index (χ2v) is 5.59. The number of nitrogens with zero attached hydrogens (tertiary/aromatic N) is 3. The summed E-state index contributed by atoms with van der Waals surface area (Å²) in [7, 11) is 0. The first-order chi connectivity index (χ1) is 10.0. The third kappa shape index (κ3) is 2.65. The highest BCUT2D eigenvalue weighted by atomic mass is 35.5. The van der Waals surface area contributed by atoms with Gasteiger partial charge < -0.3 is 5.32 Å². The minimum Gasteiger partial charge on any atom is -0.339 e. The molecule has 0 spiro atoms. The number of halogens is 1. The highest BCUT2D eigenvalue weighted by molar-refractivity contribution is 7.16. The van der Waals surface area contributed by atoms with E-state index in [9.17, 15) is 10.1 Å². The molecule has 0 saturated heterocycles. The number of non-ortho nitro benzene ring substituents is 1. The Morgan fingerprint density at radius 3 is 2.90 bits per heavy atom. The van der Waals surface area contributed by atoms with Gasteiger partial charge in [0, 0.05) is 17.8 Å². The zero-order valence-corrected chi connectivity index (χ0v) is 12.4. The zero-order valence-electron chi connectivity index (χ0n) is 10.8. The van der Waals surface area contributed by atoms with Crippen molar-refractivity contribution in [2.45, 2.75) is 6.92 Å². The summed E-state index contributed by atoms with van der Waals surface area (Å²) < 4.78 is 0. The third-order valence-electron chi connectivity index (χ3n) is 2.98. The third-order valence-corrected chi connectivity index (χ3v) is 3.96. The molecule has 0 aliphatic rings. The molecule has 1 aromatic carbocycles. The van der Waals surface area contributed by atoms with Gasteiger partial charge in [-0.3, -0.25) is 10.1 Å². The maximum Gasteiger partial charge on any atom is 0.271 e. The zero-order chi connectivity index (χ0) is 15.0. The molecule has 3 aromatic rings. The monoisotopic (exact) mass is 320 g/mol. The molecule has 0 fully saturated rings. The van der Waals surface area contributed by atoms with E-state index in [0.29, 0.717) is 11.5 Å². The second kappa shape index (κ2) is 5.27. The molecule has 106 valence electrons. The lowest BCUT2D eigenvalue weighted by Crippen LogP contribution is -1.99. The largest absolute Gasteiger partial charge is 0.339 e. The van der Waals surface area contributed by atoms with Gasteiger partial charge in [0.25, 0.3) is 5.69 Å². The van der Waals surface area contributed by atoms with E-state index < -0.39 is 4.92 Å². The molecule has 0 aliphatic heterocycles. The number of hydrogen-bond acceptors (Lipinski definition) is 6. The van der Waals surface area contributed by atoms with Crippen LogP contribution in [0.25, 0.3) is 10.2 Å². The summed E-state index contributed by atoms with van der Waals surface area (Å²) in [6, 6.07) is 6.51. The number of benzene rings is 1. The van der Waals surface area contributed by atoms with Crippen LogP contribution in [0.2, 0.25) is 5.28 Å². The van der Waals surface area contributed by atoms with E-state index in [1.54, 1.807) is 6.07 Å². The van der Waals surface area contributed by atoms with E-state index in [4.69, 9.17) is 11.6 Å². The predicted molar refractivity (Wildman–Crippen MR) is 83.5 cm³/mol. The van der Waals surface area contributed by atoms with E-state index in [1.165, 1.54) is 23.5 Å². The molecule has 8 heteroatoms. The Hall–Kier alpha value is -2.25. The van der Waals surface area contributed by atoms with Gasteiger partial charge in [0.2, 0.25) is 5.28 Å². The Kier molecular flexibility index (Phi) is 3.44. The van der Waals surface area contributed by atoms with E-state index in [-0.39, 0.29) is 11.0 Å². The molecule has 2 aromatic heterocycles. The summed E-state index contributed by atoms with van der Waals surface area (Å²) >= 11 is 7.36. The van der Waals surface area contributed by atoms with Crippen molar-refractivity contribution in [3.05, 3.63) is 50.6 Å².